The number of benzene rings is 1. The van der Waals surface area contributed by atoms with Gasteiger partial charge in [-0.15, -0.1) is 24.2 Å². The molecule has 0 spiro atoms. The molecule has 0 aliphatic carbocycles. The van der Waals surface area contributed by atoms with Crippen molar-refractivity contribution in [1.29, 1.82) is 0 Å². The molecule has 1 amide bonds. The zero-order chi connectivity index (χ0) is 13.8. The number of thioether (sulfide) groups is 1. The third-order valence-corrected chi connectivity index (χ3v) is 3.66. The summed E-state index contributed by atoms with van der Waals surface area (Å²) in [5, 5.41) is 15.2. The number of nitrogens with zero attached hydrogens (tertiary/aromatic N) is 2. The predicted molar refractivity (Wildman–Crippen MR) is 81.9 cm³/mol. The first kappa shape index (κ1) is 16.3. The fourth-order valence-electron chi connectivity index (χ4n) is 1.63. The van der Waals surface area contributed by atoms with Gasteiger partial charge in [0.25, 0.3) is 5.69 Å². The smallest absolute Gasteiger partial charge is 0.269 e. The van der Waals surface area contributed by atoms with Gasteiger partial charge in [0, 0.05) is 30.6 Å². The second kappa shape index (κ2) is 7.16. The standard InChI is InChI=1S/C12H13N3O3S.ClH/c1-14-8-19-7-11(14)6-12(16)13-9-2-4-10(5-3-9)15(17)18;/h2-5,7H,6,8H2,1H3,(H,13,16);1H. The molecule has 6 nitrogen and oxygen atoms in total. The summed E-state index contributed by atoms with van der Waals surface area (Å²) in [6.45, 7) is 0. The summed E-state index contributed by atoms with van der Waals surface area (Å²) in [7, 11) is 1.94. The average molecular weight is 316 g/mol. The molecule has 0 fully saturated rings. The number of nitrogens with one attached hydrogen (secondary N) is 1. The molecule has 0 unspecified atom stereocenters. The lowest BCUT2D eigenvalue weighted by Crippen LogP contribution is -2.19. The first-order chi connectivity index (χ1) is 9.06. The van der Waals surface area contributed by atoms with E-state index in [0.717, 1.165) is 11.6 Å². The number of rotatable bonds is 4. The lowest BCUT2D eigenvalue weighted by Gasteiger charge is -2.14. The second-order valence-electron chi connectivity index (χ2n) is 4.13. The van der Waals surface area contributed by atoms with Crippen molar-refractivity contribution in [3.8, 4) is 0 Å². The predicted octanol–water partition coefficient (Wildman–Crippen LogP) is 2.82. The van der Waals surface area contributed by atoms with Crippen LogP contribution in [-0.4, -0.2) is 28.7 Å². The fraction of sp³-hybridized carbons (Fsp3) is 0.250. The van der Waals surface area contributed by atoms with Crippen molar-refractivity contribution in [3.05, 3.63) is 45.5 Å². The zero-order valence-corrected chi connectivity index (χ0v) is 12.4. The summed E-state index contributed by atoms with van der Waals surface area (Å²) < 4.78 is 0. The topological polar surface area (TPSA) is 75.5 Å². The summed E-state index contributed by atoms with van der Waals surface area (Å²) in [4.78, 5) is 23.9. The van der Waals surface area contributed by atoms with Gasteiger partial charge in [0.1, 0.15) is 0 Å². The van der Waals surface area contributed by atoms with Gasteiger partial charge in [-0.05, 0) is 17.5 Å². The number of halogens is 1. The molecular weight excluding hydrogens is 302 g/mol. The minimum atomic E-state index is -0.471. The summed E-state index contributed by atoms with van der Waals surface area (Å²) >= 11 is 1.65. The van der Waals surface area contributed by atoms with Crippen LogP contribution in [0, 0.1) is 10.1 Å². The van der Waals surface area contributed by atoms with E-state index in [9.17, 15) is 14.9 Å². The Balaban J connectivity index is 0.00000200. The van der Waals surface area contributed by atoms with Crippen molar-refractivity contribution in [2.45, 2.75) is 6.42 Å². The molecule has 0 saturated heterocycles. The number of hydrogen-bond acceptors (Lipinski definition) is 5. The molecule has 0 saturated carbocycles. The van der Waals surface area contributed by atoms with Crippen LogP contribution < -0.4 is 5.32 Å². The van der Waals surface area contributed by atoms with Crippen LogP contribution in [0.1, 0.15) is 6.42 Å². The molecule has 1 aliphatic rings. The third-order valence-electron chi connectivity index (χ3n) is 2.68. The summed E-state index contributed by atoms with van der Waals surface area (Å²) in [5.74, 6) is 0.731. The Labute approximate surface area is 126 Å². The van der Waals surface area contributed by atoms with Gasteiger partial charge in [-0.1, -0.05) is 0 Å². The van der Waals surface area contributed by atoms with E-state index in [1.165, 1.54) is 24.3 Å². The van der Waals surface area contributed by atoms with E-state index in [1.807, 2.05) is 17.4 Å². The summed E-state index contributed by atoms with van der Waals surface area (Å²) in [6.07, 6.45) is 0.306. The minimum Gasteiger partial charge on any atom is -0.367 e. The van der Waals surface area contributed by atoms with Gasteiger partial charge in [0.15, 0.2) is 0 Å². The second-order valence-corrected chi connectivity index (χ2v) is 4.96. The molecule has 8 heteroatoms. The van der Waals surface area contributed by atoms with Crippen LogP contribution in [-0.2, 0) is 4.79 Å². The van der Waals surface area contributed by atoms with Gasteiger partial charge in [0.2, 0.25) is 5.91 Å². The van der Waals surface area contributed by atoms with Gasteiger partial charge in [-0.2, -0.15) is 0 Å². The molecule has 0 bridgehead atoms. The van der Waals surface area contributed by atoms with Crippen LogP contribution in [0.25, 0.3) is 0 Å². The molecule has 108 valence electrons. The molecule has 1 heterocycles. The highest BCUT2D eigenvalue weighted by Crippen LogP contribution is 2.24. The maximum Gasteiger partial charge on any atom is 0.269 e. The van der Waals surface area contributed by atoms with Crippen LogP contribution in [0.15, 0.2) is 35.4 Å². The number of carbonyl (C=O) groups is 1. The van der Waals surface area contributed by atoms with Gasteiger partial charge in [-0.3, -0.25) is 14.9 Å². The Kier molecular flexibility index (Phi) is 5.84. The largest absolute Gasteiger partial charge is 0.367 e. The van der Waals surface area contributed by atoms with Crippen LogP contribution in [0.2, 0.25) is 0 Å². The van der Waals surface area contributed by atoms with Crippen LogP contribution in [0.5, 0.6) is 0 Å². The van der Waals surface area contributed by atoms with E-state index in [2.05, 4.69) is 5.32 Å². The minimum absolute atomic E-state index is 0. The van der Waals surface area contributed by atoms with Crippen molar-refractivity contribution in [2.75, 3.05) is 18.2 Å². The van der Waals surface area contributed by atoms with E-state index in [1.54, 1.807) is 11.8 Å². The monoisotopic (exact) mass is 315 g/mol. The molecule has 1 N–H and O–H groups in total. The Hall–Kier alpha value is -1.73. The molecule has 0 aromatic heterocycles. The Morgan fingerprint density at radius 3 is 2.60 bits per heavy atom. The van der Waals surface area contributed by atoms with Gasteiger partial charge < -0.3 is 10.2 Å². The summed E-state index contributed by atoms with van der Waals surface area (Å²) in [6, 6.07) is 5.79. The number of amides is 1. The molecule has 2 rings (SSSR count). The lowest BCUT2D eigenvalue weighted by molar-refractivity contribution is -0.384. The van der Waals surface area contributed by atoms with E-state index < -0.39 is 4.92 Å². The number of anilines is 1. The quantitative estimate of drug-likeness (QED) is 0.683. The van der Waals surface area contributed by atoms with E-state index >= 15 is 0 Å². The molecule has 1 aromatic rings. The molecular formula is C12H14ClN3O3S. The van der Waals surface area contributed by atoms with Crippen LogP contribution in [0.4, 0.5) is 11.4 Å². The molecule has 0 radical (unpaired) electrons. The highest BCUT2D eigenvalue weighted by molar-refractivity contribution is 8.02. The van der Waals surface area contributed by atoms with Crippen molar-refractivity contribution in [1.82, 2.24) is 4.90 Å². The maximum absolute atomic E-state index is 11.8. The number of nitro groups is 1. The lowest BCUT2D eigenvalue weighted by atomic mass is 10.2. The van der Waals surface area contributed by atoms with Crippen LogP contribution in [0.3, 0.4) is 0 Å². The summed E-state index contributed by atoms with van der Waals surface area (Å²) in [5.41, 5.74) is 1.54. The van der Waals surface area contributed by atoms with E-state index in [0.29, 0.717) is 12.1 Å². The Bertz CT molecular complexity index is 533. The van der Waals surface area contributed by atoms with E-state index in [-0.39, 0.29) is 24.0 Å². The third kappa shape index (κ3) is 4.14. The van der Waals surface area contributed by atoms with E-state index in [4.69, 9.17) is 0 Å². The SMILES string of the molecule is CN1CSC=C1CC(=O)Nc1ccc([N+](=O)[O-])cc1.Cl. The van der Waals surface area contributed by atoms with Crippen molar-refractivity contribution in [2.24, 2.45) is 0 Å². The molecule has 20 heavy (non-hydrogen) atoms. The van der Waals surface area contributed by atoms with Crippen molar-refractivity contribution >= 4 is 41.5 Å². The average Bonchev–Trinajstić information content (AvgIpc) is 2.75. The van der Waals surface area contributed by atoms with Crippen molar-refractivity contribution < 1.29 is 9.72 Å². The highest BCUT2D eigenvalue weighted by atomic mass is 35.5. The van der Waals surface area contributed by atoms with Gasteiger partial charge >= 0.3 is 0 Å². The number of carbonyl (C=O) groups excluding carboxylic acids is 1. The Morgan fingerprint density at radius 1 is 1.45 bits per heavy atom. The molecule has 1 aliphatic heterocycles. The normalized spacial score (nSPS) is 13.4. The fourth-order valence-corrected chi connectivity index (χ4v) is 2.55. The molecule has 1 aromatic carbocycles. The maximum atomic E-state index is 11.8. The number of hydrogen-bond donors (Lipinski definition) is 1. The Morgan fingerprint density at radius 2 is 2.10 bits per heavy atom. The van der Waals surface area contributed by atoms with Crippen molar-refractivity contribution in [3.63, 3.8) is 0 Å². The first-order valence-corrected chi connectivity index (χ1v) is 6.67. The number of non-ortho nitro benzene ring substituents is 1. The highest BCUT2D eigenvalue weighted by Gasteiger charge is 2.15. The van der Waals surface area contributed by atoms with Crippen LogP contribution >= 0.6 is 24.2 Å². The first-order valence-electron chi connectivity index (χ1n) is 5.62. The number of nitro benzene ring substituents is 1. The van der Waals surface area contributed by atoms with Gasteiger partial charge in [0.05, 0.1) is 17.2 Å². The van der Waals surface area contributed by atoms with Gasteiger partial charge in [-0.25, -0.2) is 0 Å². The zero-order valence-electron chi connectivity index (χ0n) is 10.7. The molecule has 0 atom stereocenters.